The number of nitrogens with one attached hydrogen (secondary N) is 1. The Bertz CT molecular complexity index is 955. The molecule has 2 aromatic rings. The van der Waals surface area contributed by atoms with Crippen molar-refractivity contribution in [2.75, 3.05) is 11.9 Å². The first-order chi connectivity index (χ1) is 14.9. The lowest BCUT2D eigenvalue weighted by Crippen LogP contribution is -2.27. The predicted octanol–water partition coefficient (Wildman–Crippen LogP) is 6.85. The molecule has 6 nitrogen and oxygen atoms in total. The first-order valence-electron chi connectivity index (χ1n) is 9.66. The number of carbonyl (C=O) groups is 1. The maximum Gasteiger partial charge on any atom is 0.573 e. The Labute approximate surface area is 189 Å². The van der Waals surface area contributed by atoms with E-state index in [4.69, 9.17) is 21.1 Å². The topological polar surface area (TPSA) is 69.7 Å². The van der Waals surface area contributed by atoms with Gasteiger partial charge in [0.25, 0.3) is 0 Å². The zero-order valence-corrected chi connectivity index (χ0v) is 18.8. The molecule has 1 N–H and O–H groups in total. The molecule has 0 aliphatic rings. The first kappa shape index (κ1) is 25.3. The number of carbonyl (C=O) groups excluding carboxylic acids is 1. The normalized spacial score (nSPS) is 12.3. The van der Waals surface area contributed by atoms with Gasteiger partial charge in [-0.15, -0.1) is 13.2 Å². The number of allylic oxidation sites excluding steroid dienone is 1. The molecular weight excluding hydrogens is 449 g/mol. The zero-order valence-electron chi connectivity index (χ0n) is 18.0. The Hall–Kier alpha value is -2.94. The zero-order chi connectivity index (χ0) is 23.9. The minimum Gasteiger partial charge on any atom is -0.493 e. The molecule has 10 heteroatoms. The highest BCUT2D eigenvalue weighted by molar-refractivity contribution is 6.32. The molecule has 0 fully saturated rings. The van der Waals surface area contributed by atoms with Crippen molar-refractivity contribution in [3.8, 4) is 11.5 Å². The summed E-state index contributed by atoms with van der Waals surface area (Å²) in [4.78, 5) is 16.2. The molecule has 1 heterocycles. The van der Waals surface area contributed by atoms with Gasteiger partial charge < -0.3 is 14.2 Å². The molecule has 174 valence electrons. The standard InChI is InChI=1S/C22H24ClF3N2O4/c1-5-14(11-13-30-15-6-8-16(9-7-15)31-22(24,25)26)17-10-12-27-19(23)18(17)28-20(29)32-21(2,3)4/h5-10,12H,11,13H2,1-4H3,(H,28,29)/b14-5-. The van der Waals surface area contributed by atoms with Crippen LogP contribution in [0.2, 0.25) is 5.15 Å². The average molecular weight is 473 g/mol. The van der Waals surface area contributed by atoms with E-state index in [2.05, 4.69) is 15.0 Å². The molecule has 0 atom stereocenters. The van der Waals surface area contributed by atoms with Gasteiger partial charge >= 0.3 is 12.5 Å². The maximum absolute atomic E-state index is 12.2. The summed E-state index contributed by atoms with van der Waals surface area (Å²) in [5.41, 5.74) is 1.09. The lowest BCUT2D eigenvalue weighted by molar-refractivity contribution is -0.274. The summed E-state index contributed by atoms with van der Waals surface area (Å²) < 4.78 is 51.5. The molecule has 32 heavy (non-hydrogen) atoms. The minimum absolute atomic E-state index is 0.105. The largest absolute Gasteiger partial charge is 0.573 e. The summed E-state index contributed by atoms with van der Waals surface area (Å²) in [6, 6.07) is 6.82. The van der Waals surface area contributed by atoms with Crippen LogP contribution in [0.15, 0.2) is 42.6 Å². The fraction of sp³-hybridized carbons (Fsp3) is 0.364. The van der Waals surface area contributed by atoms with E-state index in [1.165, 1.54) is 30.5 Å². The van der Waals surface area contributed by atoms with E-state index in [0.29, 0.717) is 23.4 Å². The van der Waals surface area contributed by atoms with Gasteiger partial charge in [-0.2, -0.15) is 0 Å². The van der Waals surface area contributed by atoms with E-state index < -0.39 is 18.1 Å². The van der Waals surface area contributed by atoms with E-state index in [9.17, 15) is 18.0 Å². The van der Waals surface area contributed by atoms with Crippen LogP contribution in [0, 0.1) is 0 Å². The van der Waals surface area contributed by atoms with Gasteiger partial charge in [-0.1, -0.05) is 17.7 Å². The van der Waals surface area contributed by atoms with Gasteiger partial charge in [0.2, 0.25) is 0 Å². The van der Waals surface area contributed by atoms with E-state index in [1.54, 1.807) is 26.8 Å². The van der Waals surface area contributed by atoms with Crippen molar-refractivity contribution < 1.29 is 32.2 Å². The van der Waals surface area contributed by atoms with Crippen molar-refractivity contribution in [2.24, 2.45) is 0 Å². The van der Waals surface area contributed by atoms with E-state index in [-0.39, 0.29) is 17.5 Å². The monoisotopic (exact) mass is 472 g/mol. The van der Waals surface area contributed by atoms with E-state index in [0.717, 1.165) is 5.57 Å². The first-order valence-corrected chi connectivity index (χ1v) is 10.0. The number of amides is 1. The van der Waals surface area contributed by atoms with Gasteiger partial charge in [0.05, 0.1) is 12.3 Å². The van der Waals surface area contributed by atoms with Gasteiger partial charge in [0, 0.05) is 18.2 Å². The van der Waals surface area contributed by atoms with Crippen molar-refractivity contribution in [1.29, 1.82) is 0 Å². The van der Waals surface area contributed by atoms with Crippen molar-refractivity contribution in [3.05, 3.63) is 53.3 Å². The number of alkyl halides is 3. The number of ether oxygens (including phenoxy) is 3. The van der Waals surface area contributed by atoms with Crippen LogP contribution in [0.25, 0.3) is 5.57 Å². The third kappa shape index (κ3) is 8.30. The summed E-state index contributed by atoms with van der Waals surface area (Å²) in [6.45, 7) is 7.29. The highest BCUT2D eigenvalue weighted by Gasteiger charge is 2.31. The number of hydrogen-bond donors (Lipinski definition) is 1. The SMILES string of the molecule is C/C=C(/CCOc1ccc(OC(F)(F)F)cc1)c1ccnc(Cl)c1NC(=O)OC(C)(C)C. The van der Waals surface area contributed by atoms with Gasteiger partial charge in [-0.05, 0) is 63.6 Å². The summed E-state index contributed by atoms with van der Waals surface area (Å²) in [6.07, 6.45) is -1.63. The van der Waals surface area contributed by atoms with Crippen LogP contribution < -0.4 is 14.8 Å². The van der Waals surface area contributed by atoms with Crippen molar-refractivity contribution in [1.82, 2.24) is 4.98 Å². The fourth-order valence-corrected chi connectivity index (χ4v) is 2.88. The Morgan fingerprint density at radius 1 is 1.12 bits per heavy atom. The van der Waals surface area contributed by atoms with E-state index >= 15 is 0 Å². The molecule has 0 aliphatic heterocycles. The highest BCUT2D eigenvalue weighted by atomic mass is 35.5. The summed E-state index contributed by atoms with van der Waals surface area (Å²) in [5, 5.41) is 2.75. The molecule has 0 bridgehead atoms. The van der Waals surface area contributed by atoms with Crippen LogP contribution >= 0.6 is 11.6 Å². The Morgan fingerprint density at radius 3 is 2.31 bits per heavy atom. The number of anilines is 1. The molecule has 0 saturated heterocycles. The van der Waals surface area contributed by atoms with Crippen LogP contribution in [0.3, 0.4) is 0 Å². The van der Waals surface area contributed by atoms with Crippen LogP contribution in [0.5, 0.6) is 11.5 Å². The second-order valence-electron chi connectivity index (χ2n) is 7.58. The number of aromatic nitrogens is 1. The summed E-state index contributed by atoms with van der Waals surface area (Å²) in [7, 11) is 0. The Morgan fingerprint density at radius 2 is 1.75 bits per heavy atom. The number of rotatable bonds is 7. The molecule has 1 aromatic heterocycles. The average Bonchev–Trinajstić information content (AvgIpc) is 2.66. The maximum atomic E-state index is 12.2. The summed E-state index contributed by atoms with van der Waals surface area (Å²) in [5.74, 6) is 0.0538. The van der Waals surface area contributed by atoms with Gasteiger partial charge in [-0.25, -0.2) is 9.78 Å². The lowest BCUT2D eigenvalue weighted by Gasteiger charge is -2.21. The number of pyridine rings is 1. The molecule has 0 radical (unpaired) electrons. The van der Waals surface area contributed by atoms with Gasteiger partial charge in [0.1, 0.15) is 17.1 Å². The van der Waals surface area contributed by atoms with Crippen LogP contribution in [0.4, 0.5) is 23.7 Å². The van der Waals surface area contributed by atoms with Crippen molar-refractivity contribution in [3.63, 3.8) is 0 Å². The highest BCUT2D eigenvalue weighted by Crippen LogP contribution is 2.32. The number of nitrogens with zero attached hydrogens (tertiary/aromatic N) is 1. The van der Waals surface area contributed by atoms with Crippen LogP contribution in [0.1, 0.15) is 39.7 Å². The number of hydrogen-bond acceptors (Lipinski definition) is 5. The molecule has 0 unspecified atom stereocenters. The minimum atomic E-state index is -4.75. The Balaban J connectivity index is 2.05. The molecule has 1 amide bonds. The second kappa shape index (κ2) is 10.6. The van der Waals surface area contributed by atoms with Crippen LogP contribution in [-0.4, -0.2) is 29.6 Å². The van der Waals surface area contributed by atoms with Crippen molar-refractivity contribution in [2.45, 2.75) is 46.1 Å². The molecule has 0 saturated carbocycles. The third-order valence-electron chi connectivity index (χ3n) is 3.92. The molecule has 0 aliphatic carbocycles. The summed E-state index contributed by atoms with van der Waals surface area (Å²) >= 11 is 6.20. The molecular formula is C22H24ClF3N2O4. The van der Waals surface area contributed by atoms with E-state index in [1.807, 2.05) is 13.0 Å². The molecule has 0 spiro atoms. The molecule has 1 aromatic carbocycles. The second-order valence-corrected chi connectivity index (χ2v) is 7.94. The van der Waals surface area contributed by atoms with Gasteiger partial charge in [-0.3, -0.25) is 5.32 Å². The number of benzene rings is 1. The third-order valence-corrected chi connectivity index (χ3v) is 4.21. The fourth-order valence-electron chi connectivity index (χ4n) is 2.68. The number of halogens is 4. The van der Waals surface area contributed by atoms with Crippen molar-refractivity contribution >= 4 is 29.0 Å². The van der Waals surface area contributed by atoms with Crippen LogP contribution in [-0.2, 0) is 4.74 Å². The predicted molar refractivity (Wildman–Crippen MR) is 116 cm³/mol. The quantitative estimate of drug-likeness (QED) is 0.446. The van der Waals surface area contributed by atoms with Gasteiger partial charge in [0.15, 0.2) is 5.15 Å². The molecule has 2 rings (SSSR count). The lowest BCUT2D eigenvalue weighted by atomic mass is 10.0. The smallest absolute Gasteiger partial charge is 0.493 e. The Kier molecular flexibility index (Phi) is 8.38.